The standard InChI is InChI=1S/C24H31ClO8/c1-12-18(14(28)5-15(32-4)19(12)25)20(29)33-17-8-22(3)16-7-21(2,11-27)10-23(16,30)6-13(9-26)24(17,22)31/h5-6,16-17,26-28,30-31H,7-11H2,1-4H3/t16?,17-,21-,22-,23+,24+/m1/s1. The number of rotatable bonds is 5. The highest BCUT2D eigenvalue weighted by Gasteiger charge is 2.75. The smallest absolute Gasteiger partial charge is 0.342 e. The number of hydrogen-bond acceptors (Lipinski definition) is 8. The van der Waals surface area contributed by atoms with E-state index in [1.165, 1.54) is 19.3 Å². The number of ether oxygens (including phenoxy) is 2. The molecular weight excluding hydrogens is 452 g/mol. The van der Waals surface area contributed by atoms with E-state index in [4.69, 9.17) is 21.1 Å². The Morgan fingerprint density at radius 3 is 2.48 bits per heavy atom. The van der Waals surface area contributed by atoms with Gasteiger partial charge in [-0.25, -0.2) is 4.79 Å². The van der Waals surface area contributed by atoms with E-state index in [1.807, 2.05) is 13.8 Å². The van der Waals surface area contributed by atoms with Crippen LogP contribution >= 0.6 is 11.6 Å². The largest absolute Gasteiger partial charge is 0.507 e. The van der Waals surface area contributed by atoms with Crippen molar-refractivity contribution in [3.8, 4) is 11.5 Å². The lowest BCUT2D eigenvalue weighted by molar-refractivity contribution is -0.265. The van der Waals surface area contributed by atoms with E-state index < -0.39 is 46.6 Å². The third-order valence-electron chi connectivity index (χ3n) is 8.31. The molecule has 1 aromatic carbocycles. The van der Waals surface area contributed by atoms with Gasteiger partial charge in [-0.15, -0.1) is 0 Å². The molecule has 9 heteroatoms. The molecule has 1 aromatic rings. The maximum absolute atomic E-state index is 13.0. The fourth-order valence-corrected chi connectivity index (χ4v) is 6.78. The van der Waals surface area contributed by atoms with Gasteiger partial charge in [0.2, 0.25) is 0 Å². The van der Waals surface area contributed by atoms with Crippen molar-refractivity contribution in [1.82, 2.24) is 0 Å². The topological polar surface area (TPSA) is 137 Å². The SMILES string of the molecule is COc1cc(O)c(C(=O)O[C@@H]2C[C@]3(C)C4C[C@@](C)(CO)C[C@@]4(O)C=C(CO)[C@]23O)c(C)c1Cl. The summed E-state index contributed by atoms with van der Waals surface area (Å²) in [5.41, 5.74) is -4.08. The monoisotopic (exact) mass is 482 g/mol. The zero-order chi connectivity index (χ0) is 24.6. The van der Waals surface area contributed by atoms with Crippen molar-refractivity contribution in [2.75, 3.05) is 20.3 Å². The predicted molar refractivity (Wildman–Crippen MR) is 119 cm³/mol. The molecule has 8 nitrogen and oxygen atoms in total. The number of fused-ring (bicyclic) bond motifs is 3. The Kier molecular flexibility index (Phi) is 5.58. The Balaban J connectivity index is 1.68. The molecule has 0 aromatic heterocycles. The van der Waals surface area contributed by atoms with Crippen LogP contribution in [0, 0.1) is 23.7 Å². The van der Waals surface area contributed by atoms with Crippen molar-refractivity contribution in [3.05, 3.63) is 33.9 Å². The summed E-state index contributed by atoms with van der Waals surface area (Å²) in [6.07, 6.45) is 1.50. The number of methoxy groups -OCH3 is 1. The van der Waals surface area contributed by atoms with Gasteiger partial charge in [0.05, 0.1) is 24.3 Å². The quantitative estimate of drug-likeness (QED) is 0.318. The normalized spacial score (nSPS) is 39.2. The lowest BCUT2D eigenvalue weighted by atomic mass is 9.43. The highest BCUT2D eigenvalue weighted by Crippen LogP contribution is 2.69. The van der Waals surface area contributed by atoms with Gasteiger partial charge in [0.1, 0.15) is 28.8 Å². The van der Waals surface area contributed by atoms with Crippen LogP contribution in [0.25, 0.3) is 0 Å². The summed E-state index contributed by atoms with van der Waals surface area (Å²) in [5, 5.41) is 53.7. The third kappa shape index (κ3) is 3.15. The number of aromatic hydroxyl groups is 1. The fraction of sp³-hybridized carbons (Fsp3) is 0.625. The van der Waals surface area contributed by atoms with Crippen LogP contribution in [0.2, 0.25) is 5.02 Å². The molecule has 5 N–H and O–H groups in total. The second-order valence-electron chi connectivity index (χ2n) is 10.4. The maximum atomic E-state index is 13.0. The Labute approximate surface area is 197 Å². The number of hydrogen-bond donors (Lipinski definition) is 5. The van der Waals surface area contributed by atoms with Gasteiger partial charge in [-0.2, -0.15) is 0 Å². The molecule has 6 atom stereocenters. The number of aliphatic hydroxyl groups excluding tert-OH is 2. The number of esters is 1. The van der Waals surface area contributed by atoms with Crippen molar-refractivity contribution in [2.24, 2.45) is 16.7 Å². The molecule has 2 fully saturated rings. The summed E-state index contributed by atoms with van der Waals surface area (Å²) >= 11 is 6.24. The van der Waals surface area contributed by atoms with Gasteiger partial charge in [-0.1, -0.05) is 25.4 Å². The van der Waals surface area contributed by atoms with E-state index in [0.29, 0.717) is 12.8 Å². The number of phenols is 1. The van der Waals surface area contributed by atoms with Crippen LogP contribution in [0.4, 0.5) is 0 Å². The Hall–Kier alpha value is -1.84. The van der Waals surface area contributed by atoms with E-state index in [2.05, 4.69) is 0 Å². The van der Waals surface area contributed by atoms with Gasteiger partial charge in [0, 0.05) is 24.0 Å². The number of carbonyl (C=O) groups excluding carboxylic acids is 1. The van der Waals surface area contributed by atoms with Crippen molar-refractivity contribution < 1.29 is 39.8 Å². The van der Waals surface area contributed by atoms with Gasteiger partial charge in [-0.05, 0) is 48.8 Å². The Bertz CT molecular complexity index is 1040. The second kappa shape index (κ2) is 7.58. The number of aliphatic hydroxyl groups is 4. The van der Waals surface area contributed by atoms with Crippen LogP contribution in [-0.2, 0) is 4.74 Å². The lowest BCUT2D eigenvalue weighted by Crippen LogP contribution is -2.75. The first-order valence-electron chi connectivity index (χ1n) is 11.0. The highest BCUT2D eigenvalue weighted by molar-refractivity contribution is 6.33. The van der Waals surface area contributed by atoms with Crippen molar-refractivity contribution in [1.29, 1.82) is 0 Å². The lowest BCUT2D eigenvalue weighted by Gasteiger charge is -2.66. The van der Waals surface area contributed by atoms with Crippen LogP contribution in [0.5, 0.6) is 11.5 Å². The number of carbonyl (C=O) groups is 1. The Morgan fingerprint density at radius 2 is 1.91 bits per heavy atom. The van der Waals surface area contributed by atoms with E-state index in [1.54, 1.807) is 6.92 Å². The first-order valence-corrected chi connectivity index (χ1v) is 11.3. The first kappa shape index (κ1) is 24.3. The van der Waals surface area contributed by atoms with Crippen LogP contribution in [0.3, 0.4) is 0 Å². The van der Waals surface area contributed by atoms with Gasteiger partial charge in [-0.3, -0.25) is 0 Å². The molecule has 1 unspecified atom stereocenters. The molecule has 0 radical (unpaired) electrons. The van der Waals surface area contributed by atoms with E-state index in [-0.39, 0.29) is 46.2 Å². The molecule has 4 rings (SSSR count). The van der Waals surface area contributed by atoms with E-state index in [0.717, 1.165) is 0 Å². The van der Waals surface area contributed by atoms with Crippen LogP contribution in [-0.4, -0.2) is 69.1 Å². The molecule has 3 aliphatic rings. The van der Waals surface area contributed by atoms with Crippen LogP contribution < -0.4 is 4.74 Å². The van der Waals surface area contributed by atoms with Gasteiger partial charge < -0.3 is 35.0 Å². The molecule has 2 saturated carbocycles. The minimum atomic E-state index is -1.70. The number of phenolic OH excluding ortho intramolecular Hbond substituents is 1. The summed E-state index contributed by atoms with van der Waals surface area (Å²) in [4.78, 5) is 13.0. The fourth-order valence-electron chi connectivity index (χ4n) is 6.55. The second-order valence-corrected chi connectivity index (χ2v) is 10.8. The van der Waals surface area contributed by atoms with Crippen LogP contribution in [0.1, 0.15) is 49.0 Å². The summed E-state index contributed by atoms with van der Waals surface area (Å²) in [7, 11) is 1.39. The molecule has 0 heterocycles. The Morgan fingerprint density at radius 1 is 1.24 bits per heavy atom. The molecule has 182 valence electrons. The summed E-state index contributed by atoms with van der Waals surface area (Å²) in [6, 6.07) is 1.22. The molecule has 33 heavy (non-hydrogen) atoms. The van der Waals surface area contributed by atoms with E-state index in [9.17, 15) is 30.3 Å². The molecule has 3 aliphatic carbocycles. The summed E-state index contributed by atoms with van der Waals surface area (Å²) in [5.74, 6) is -1.41. The van der Waals surface area contributed by atoms with Gasteiger partial charge in [0.25, 0.3) is 0 Å². The average Bonchev–Trinajstić information content (AvgIpc) is 3.04. The van der Waals surface area contributed by atoms with Gasteiger partial charge in [0.15, 0.2) is 0 Å². The third-order valence-corrected chi connectivity index (χ3v) is 8.78. The van der Waals surface area contributed by atoms with Crippen molar-refractivity contribution in [2.45, 2.75) is 57.3 Å². The molecule has 0 aliphatic heterocycles. The van der Waals surface area contributed by atoms with Crippen molar-refractivity contribution in [3.63, 3.8) is 0 Å². The first-order chi connectivity index (χ1) is 15.3. The summed E-state index contributed by atoms with van der Waals surface area (Å²) < 4.78 is 10.8. The van der Waals surface area contributed by atoms with Gasteiger partial charge >= 0.3 is 5.97 Å². The predicted octanol–water partition coefficient (Wildman–Crippen LogP) is 2.10. The number of halogens is 1. The molecule has 0 spiro atoms. The maximum Gasteiger partial charge on any atom is 0.342 e. The minimum absolute atomic E-state index is 0.113. The van der Waals surface area contributed by atoms with Crippen LogP contribution in [0.15, 0.2) is 17.7 Å². The zero-order valence-electron chi connectivity index (χ0n) is 19.2. The molecule has 0 amide bonds. The van der Waals surface area contributed by atoms with E-state index >= 15 is 0 Å². The molecule has 0 saturated heterocycles. The highest BCUT2D eigenvalue weighted by atomic mass is 35.5. The molecular formula is C24H31ClO8. The number of benzene rings is 1. The summed E-state index contributed by atoms with van der Waals surface area (Å²) in [6.45, 7) is 4.61. The minimum Gasteiger partial charge on any atom is -0.507 e. The average molecular weight is 483 g/mol. The molecule has 0 bridgehead atoms. The zero-order valence-corrected chi connectivity index (χ0v) is 19.9. The van der Waals surface area contributed by atoms with Crippen molar-refractivity contribution >= 4 is 17.6 Å².